The standard InChI is InChI=1S/C14H14FNO4/c1-4-19-14(17)12-8(2)16-13(20-12)10-6-5-9(18-3)7-11(10)15/h5-7H,4H2,1-3H3. The first-order valence-electron chi connectivity index (χ1n) is 6.05. The van der Waals surface area contributed by atoms with Crippen molar-refractivity contribution in [3.05, 3.63) is 35.5 Å². The van der Waals surface area contributed by atoms with E-state index in [0.29, 0.717) is 11.4 Å². The smallest absolute Gasteiger partial charge is 0.376 e. The number of carbonyl (C=O) groups is 1. The van der Waals surface area contributed by atoms with Gasteiger partial charge >= 0.3 is 5.97 Å². The van der Waals surface area contributed by atoms with Gasteiger partial charge in [0.25, 0.3) is 0 Å². The van der Waals surface area contributed by atoms with Gasteiger partial charge in [-0.1, -0.05) is 0 Å². The molecular weight excluding hydrogens is 265 g/mol. The largest absolute Gasteiger partial charge is 0.497 e. The van der Waals surface area contributed by atoms with Crippen LogP contribution in [0.5, 0.6) is 5.75 Å². The number of methoxy groups -OCH3 is 1. The lowest BCUT2D eigenvalue weighted by molar-refractivity contribution is 0.0490. The van der Waals surface area contributed by atoms with Crippen molar-refractivity contribution in [2.75, 3.05) is 13.7 Å². The fraction of sp³-hybridized carbons (Fsp3) is 0.286. The minimum absolute atomic E-state index is 0.0166. The Bertz CT molecular complexity index is 636. The number of nitrogens with zero attached hydrogens (tertiary/aromatic N) is 1. The van der Waals surface area contributed by atoms with E-state index in [9.17, 15) is 9.18 Å². The van der Waals surface area contributed by atoms with Crippen LogP contribution in [-0.2, 0) is 4.74 Å². The number of esters is 1. The van der Waals surface area contributed by atoms with E-state index in [0.717, 1.165) is 0 Å². The minimum atomic E-state index is -0.613. The van der Waals surface area contributed by atoms with Crippen LogP contribution in [0.15, 0.2) is 22.6 Å². The predicted octanol–water partition coefficient (Wildman–Crippen LogP) is 2.97. The van der Waals surface area contributed by atoms with Crippen molar-refractivity contribution in [2.45, 2.75) is 13.8 Å². The Hall–Kier alpha value is -2.37. The van der Waals surface area contributed by atoms with Crippen LogP contribution < -0.4 is 4.74 Å². The number of carbonyl (C=O) groups excluding carboxylic acids is 1. The molecule has 0 atom stereocenters. The molecule has 0 aliphatic heterocycles. The van der Waals surface area contributed by atoms with Crippen LogP contribution in [0.1, 0.15) is 23.2 Å². The van der Waals surface area contributed by atoms with Crippen LogP contribution in [0, 0.1) is 12.7 Å². The highest BCUT2D eigenvalue weighted by atomic mass is 19.1. The third kappa shape index (κ3) is 2.64. The quantitative estimate of drug-likeness (QED) is 0.805. The molecule has 0 saturated heterocycles. The molecule has 0 spiro atoms. The second-order valence-corrected chi connectivity index (χ2v) is 4.00. The Labute approximate surface area is 115 Å². The van der Waals surface area contributed by atoms with Crippen LogP contribution >= 0.6 is 0 Å². The second-order valence-electron chi connectivity index (χ2n) is 4.00. The van der Waals surface area contributed by atoms with Gasteiger partial charge in [0.15, 0.2) is 0 Å². The third-order valence-electron chi connectivity index (χ3n) is 2.66. The van der Waals surface area contributed by atoms with E-state index in [1.807, 2.05) is 0 Å². The first-order valence-corrected chi connectivity index (χ1v) is 6.05. The summed E-state index contributed by atoms with van der Waals surface area (Å²) in [4.78, 5) is 15.7. The molecule has 20 heavy (non-hydrogen) atoms. The van der Waals surface area contributed by atoms with Crippen molar-refractivity contribution in [1.82, 2.24) is 4.98 Å². The SMILES string of the molecule is CCOC(=O)c1oc(-c2ccc(OC)cc2F)nc1C. The van der Waals surface area contributed by atoms with Crippen LogP contribution in [0.3, 0.4) is 0 Å². The Kier molecular flexibility index (Phi) is 4.02. The summed E-state index contributed by atoms with van der Waals surface area (Å²) in [6.07, 6.45) is 0. The normalized spacial score (nSPS) is 10.4. The molecule has 2 rings (SSSR count). The fourth-order valence-corrected chi connectivity index (χ4v) is 1.69. The van der Waals surface area contributed by atoms with Gasteiger partial charge in [-0.05, 0) is 26.0 Å². The van der Waals surface area contributed by atoms with E-state index in [1.165, 1.54) is 19.2 Å². The first-order chi connectivity index (χ1) is 9.56. The second kappa shape index (κ2) is 5.73. The number of aromatic nitrogens is 1. The lowest BCUT2D eigenvalue weighted by atomic mass is 10.2. The number of benzene rings is 1. The molecule has 0 fully saturated rings. The highest BCUT2D eigenvalue weighted by Crippen LogP contribution is 2.27. The van der Waals surface area contributed by atoms with E-state index in [1.54, 1.807) is 19.9 Å². The average molecular weight is 279 g/mol. The summed E-state index contributed by atoms with van der Waals surface area (Å²) in [6, 6.07) is 4.29. The Morgan fingerprint density at radius 3 is 2.80 bits per heavy atom. The molecular formula is C14H14FNO4. The third-order valence-corrected chi connectivity index (χ3v) is 2.66. The maximum atomic E-state index is 13.9. The molecule has 0 N–H and O–H groups in total. The predicted molar refractivity (Wildman–Crippen MR) is 69.1 cm³/mol. The highest BCUT2D eigenvalue weighted by molar-refractivity contribution is 5.87. The zero-order valence-corrected chi connectivity index (χ0v) is 11.4. The molecule has 1 heterocycles. The molecule has 1 aromatic heterocycles. The molecule has 0 radical (unpaired) electrons. The molecule has 0 bridgehead atoms. The molecule has 2 aromatic rings. The van der Waals surface area contributed by atoms with Gasteiger partial charge in [0.1, 0.15) is 11.6 Å². The zero-order chi connectivity index (χ0) is 14.7. The number of oxazole rings is 1. The molecule has 5 nitrogen and oxygen atoms in total. The zero-order valence-electron chi connectivity index (χ0n) is 11.4. The van der Waals surface area contributed by atoms with Gasteiger partial charge in [0, 0.05) is 6.07 Å². The minimum Gasteiger partial charge on any atom is -0.497 e. The van der Waals surface area contributed by atoms with Crippen molar-refractivity contribution in [3.8, 4) is 17.2 Å². The first kappa shape index (κ1) is 14.0. The van der Waals surface area contributed by atoms with Crippen LogP contribution in [0.25, 0.3) is 11.5 Å². The van der Waals surface area contributed by atoms with Crippen molar-refractivity contribution in [3.63, 3.8) is 0 Å². The number of halogens is 1. The summed E-state index contributed by atoms with van der Waals surface area (Å²) in [6.45, 7) is 3.51. The van der Waals surface area contributed by atoms with Crippen molar-refractivity contribution in [1.29, 1.82) is 0 Å². The molecule has 6 heteroatoms. The highest BCUT2D eigenvalue weighted by Gasteiger charge is 2.21. The number of rotatable bonds is 4. The summed E-state index contributed by atoms with van der Waals surface area (Å²) in [5.74, 6) is -0.749. The summed E-state index contributed by atoms with van der Waals surface area (Å²) < 4.78 is 29.0. The number of aryl methyl sites for hydroxylation is 1. The van der Waals surface area contributed by atoms with Crippen molar-refractivity contribution < 1.29 is 23.1 Å². The summed E-state index contributed by atoms with van der Waals surface area (Å²) in [5.41, 5.74) is 0.512. The van der Waals surface area contributed by atoms with Gasteiger partial charge in [-0.2, -0.15) is 0 Å². The molecule has 0 aliphatic carbocycles. The number of ether oxygens (including phenoxy) is 2. The molecule has 0 aliphatic rings. The lowest BCUT2D eigenvalue weighted by Crippen LogP contribution is -2.04. The van der Waals surface area contributed by atoms with Crippen LogP contribution in [0.4, 0.5) is 4.39 Å². The number of hydrogen-bond donors (Lipinski definition) is 0. The summed E-state index contributed by atoms with van der Waals surface area (Å²) >= 11 is 0. The van der Waals surface area contributed by atoms with Gasteiger partial charge in [-0.15, -0.1) is 0 Å². The van der Waals surface area contributed by atoms with Crippen molar-refractivity contribution >= 4 is 5.97 Å². The van der Waals surface area contributed by atoms with Crippen LogP contribution in [-0.4, -0.2) is 24.7 Å². The van der Waals surface area contributed by atoms with Crippen molar-refractivity contribution in [2.24, 2.45) is 0 Å². The molecule has 0 saturated carbocycles. The Morgan fingerprint density at radius 2 is 2.20 bits per heavy atom. The fourth-order valence-electron chi connectivity index (χ4n) is 1.69. The monoisotopic (exact) mass is 279 g/mol. The summed E-state index contributed by atoms with van der Waals surface area (Å²) in [7, 11) is 1.45. The lowest BCUT2D eigenvalue weighted by Gasteiger charge is -2.02. The Morgan fingerprint density at radius 1 is 1.45 bits per heavy atom. The average Bonchev–Trinajstić information content (AvgIpc) is 2.80. The van der Waals surface area contributed by atoms with Gasteiger partial charge in [0.2, 0.25) is 11.7 Å². The Balaban J connectivity index is 2.39. The van der Waals surface area contributed by atoms with E-state index in [-0.39, 0.29) is 23.8 Å². The van der Waals surface area contributed by atoms with Gasteiger partial charge in [-0.25, -0.2) is 14.2 Å². The van der Waals surface area contributed by atoms with E-state index >= 15 is 0 Å². The molecule has 0 amide bonds. The molecule has 1 aromatic carbocycles. The maximum Gasteiger partial charge on any atom is 0.376 e. The summed E-state index contributed by atoms with van der Waals surface area (Å²) in [5, 5.41) is 0. The molecule has 0 unspecified atom stereocenters. The molecule has 106 valence electrons. The van der Waals surface area contributed by atoms with E-state index in [2.05, 4.69) is 4.98 Å². The van der Waals surface area contributed by atoms with Gasteiger partial charge in [-0.3, -0.25) is 0 Å². The van der Waals surface area contributed by atoms with Gasteiger partial charge in [0.05, 0.1) is 25.0 Å². The van der Waals surface area contributed by atoms with E-state index in [4.69, 9.17) is 13.9 Å². The van der Waals surface area contributed by atoms with Crippen LogP contribution in [0.2, 0.25) is 0 Å². The van der Waals surface area contributed by atoms with Gasteiger partial charge < -0.3 is 13.9 Å². The number of hydrogen-bond acceptors (Lipinski definition) is 5. The topological polar surface area (TPSA) is 61.6 Å². The maximum absolute atomic E-state index is 13.9. The van der Waals surface area contributed by atoms with E-state index < -0.39 is 11.8 Å².